The molecular weight excluding hydrogens is 156 g/mol. The summed E-state index contributed by atoms with van der Waals surface area (Å²) >= 11 is 0. The van der Waals surface area contributed by atoms with E-state index in [9.17, 15) is 0 Å². The molecule has 0 saturated heterocycles. The third-order valence-corrected chi connectivity index (χ3v) is 3.36. The van der Waals surface area contributed by atoms with Crippen LogP contribution < -0.4 is 0 Å². The zero-order chi connectivity index (χ0) is 10.5. The van der Waals surface area contributed by atoms with Gasteiger partial charge in [-0.1, -0.05) is 54.4 Å². The Kier molecular flexibility index (Phi) is 5.67. The summed E-state index contributed by atoms with van der Waals surface area (Å²) in [6.07, 6.45) is 5.42. The van der Waals surface area contributed by atoms with E-state index in [2.05, 4.69) is 41.5 Å². The monoisotopic (exact) mass is 184 g/mol. The highest BCUT2D eigenvalue weighted by molar-refractivity contribution is 4.71. The van der Waals surface area contributed by atoms with Crippen molar-refractivity contribution < 1.29 is 0 Å². The zero-order valence-corrected chi connectivity index (χ0v) is 10.5. The van der Waals surface area contributed by atoms with Gasteiger partial charge in [-0.05, 0) is 30.1 Å². The lowest BCUT2D eigenvalue weighted by Crippen LogP contribution is -2.15. The van der Waals surface area contributed by atoms with Crippen LogP contribution in [0, 0.1) is 17.3 Å². The molecule has 0 heteroatoms. The third kappa shape index (κ3) is 6.12. The first kappa shape index (κ1) is 13.0. The highest BCUT2D eigenvalue weighted by Gasteiger charge is 2.19. The Bertz CT molecular complexity index is 124. The van der Waals surface area contributed by atoms with Crippen molar-refractivity contribution >= 4 is 0 Å². The smallest absolute Gasteiger partial charge is 0.0354 e. The predicted molar refractivity (Wildman–Crippen MR) is 61.9 cm³/mol. The highest BCUT2D eigenvalue weighted by Crippen LogP contribution is 2.31. The summed E-state index contributed by atoms with van der Waals surface area (Å²) in [5.41, 5.74) is 0.548. The SMILES string of the molecule is CCC(C)CC(C)CC(C)(C)CC. The Balaban J connectivity index is 3.79. The highest BCUT2D eigenvalue weighted by atomic mass is 14.2. The molecule has 0 bridgehead atoms. The minimum Gasteiger partial charge on any atom is -0.0651 e. The van der Waals surface area contributed by atoms with E-state index in [4.69, 9.17) is 0 Å². The van der Waals surface area contributed by atoms with Crippen LogP contribution in [0.2, 0.25) is 0 Å². The standard InChI is InChI=1S/C13H28/c1-7-11(3)9-12(4)10-13(5,6)8-2/h11-12H,7-10H2,1-6H3. The van der Waals surface area contributed by atoms with E-state index in [0.29, 0.717) is 5.41 Å². The van der Waals surface area contributed by atoms with Crippen molar-refractivity contribution in [2.45, 2.75) is 67.2 Å². The summed E-state index contributed by atoms with van der Waals surface area (Å²) in [5.74, 6) is 1.80. The minimum absolute atomic E-state index is 0.548. The van der Waals surface area contributed by atoms with Crippen molar-refractivity contribution in [1.82, 2.24) is 0 Å². The van der Waals surface area contributed by atoms with E-state index in [1.54, 1.807) is 0 Å². The summed E-state index contributed by atoms with van der Waals surface area (Å²) in [7, 11) is 0. The molecule has 80 valence electrons. The van der Waals surface area contributed by atoms with E-state index in [-0.39, 0.29) is 0 Å². The molecule has 0 rings (SSSR count). The molecule has 0 fully saturated rings. The van der Waals surface area contributed by atoms with Gasteiger partial charge in [-0.25, -0.2) is 0 Å². The summed E-state index contributed by atoms with van der Waals surface area (Å²) in [6, 6.07) is 0. The fourth-order valence-electron chi connectivity index (χ4n) is 2.02. The molecular formula is C13H28. The Hall–Kier alpha value is 0. The molecule has 0 aromatic rings. The first-order valence-corrected chi connectivity index (χ1v) is 5.91. The Labute approximate surface area is 85.1 Å². The molecule has 13 heavy (non-hydrogen) atoms. The van der Waals surface area contributed by atoms with Crippen LogP contribution in [0.25, 0.3) is 0 Å². The molecule has 0 spiro atoms. The van der Waals surface area contributed by atoms with Crippen LogP contribution in [0.5, 0.6) is 0 Å². The first-order valence-electron chi connectivity index (χ1n) is 5.91. The molecule has 0 aliphatic rings. The maximum Gasteiger partial charge on any atom is -0.0354 e. The van der Waals surface area contributed by atoms with E-state index in [1.807, 2.05) is 0 Å². The zero-order valence-electron chi connectivity index (χ0n) is 10.5. The quantitative estimate of drug-likeness (QED) is 0.551. The summed E-state index contributed by atoms with van der Waals surface area (Å²) in [5, 5.41) is 0. The lowest BCUT2D eigenvalue weighted by molar-refractivity contribution is 0.241. The molecule has 0 nitrogen and oxygen atoms in total. The fraction of sp³-hybridized carbons (Fsp3) is 1.00. The molecule has 0 saturated carbocycles. The van der Waals surface area contributed by atoms with Crippen molar-refractivity contribution in [3.8, 4) is 0 Å². The van der Waals surface area contributed by atoms with Crippen LogP contribution in [0.3, 0.4) is 0 Å². The van der Waals surface area contributed by atoms with E-state index < -0.39 is 0 Å². The maximum atomic E-state index is 2.41. The molecule has 0 aliphatic carbocycles. The van der Waals surface area contributed by atoms with Crippen molar-refractivity contribution in [2.24, 2.45) is 17.3 Å². The lowest BCUT2D eigenvalue weighted by atomic mass is 9.78. The number of hydrogen-bond acceptors (Lipinski definition) is 0. The van der Waals surface area contributed by atoms with Gasteiger partial charge in [0.2, 0.25) is 0 Å². The minimum atomic E-state index is 0.548. The second-order valence-corrected chi connectivity index (χ2v) is 5.58. The van der Waals surface area contributed by atoms with Crippen LogP contribution in [-0.4, -0.2) is 0 Å². The number of rotatable bonds is 6. The summed E-state index contributed by atoms with van der Waals surface area (Å²) in [4.78, 5) is 0. The van der Waals surface area contributed by atoms with Gasteiger partial charge in [0, 0.05) is 0 Å². The van der Waals surface area contributed by atoms with Crippen LogP contribution in [0.1, 0.15) is 67.2 Å². The topological polar surface area (TPSA) is 0 Å². The Morgan fingerprint density at radius 1 is 1.00 bits per heavy atom. The van der Waals surface area contributed by atoms with Crippen LogP contribution in [-0.2, 0) is 0 Å². The van der Waals surface area contributed by atoms with E-state index in [1.165, 1.54) is 25.7 Å². The van der Waals surface area contributed by atoms with Crippen LogP contribution in [0.4, 0.5) is 0 Å². The van der Waals surface area contributed by atoms with Gasteiger partial charge in [-0.3, -0.25) is 0 Å². The van der Waals surface area contributed by atoms with Gasteiger partial charge in [0.1, 0.15) is 0 Å². The molecule has 0 aliphatic heterocycles. The maximum absolute atomic E-state index is 2.41. The summed E-state index contributed by atoms with van der Waals surface area (Å²) in [6.45, 7) is 14.2. The number of hydrogen-bond donors (Lipinski definition) is 0. The molecule has 2 unspecified atom stereocenters. The molecule has 0 radical (unpaired) electrons. The largest absolute Gasteiger partial charge is 0.0651 e. The van der Waals surface area contributed by atoms with Crippen molar-refractivity contribution in [3.63, 3.8) is 0 Å². The van der Waals surface area contributed by atoms with Gasteiger partial charge in [-0.15, -0.1) is 0 Å². The summed E-state index contributed by atoms with van der Waals surface area (Å²) < 4.78 is 0. The van der Waals surface area contributed by atoms with Crippen LogP contribution in [0.15, 0.2) is 0 Å². The molecule has 2 atom stereocenters. The van der Waals surface area contributed by atoms with Crippen LogP contribution >= 0.6 is 0 Å². The molecule has 0 amide bonds. The lowest BCUT2D eigenvalue weighted by Gasteiger charge is -2.27. The van der Waals surface area contributed by atoms with Crippen molar-refractivity contribution in [3.05, 3.63) is 0 Å². The molecule has 0 aromatic heterocycles. The van der Waals surface area contributed by atoms with Crippen molar-refractivity contribution in [1.29, 1.82) is 0 Å². The van der Waals surface area contributed by atoms with E-state index in [0.717, 1.165) is 11.8 Å². The fourth-order valence-corrected chi connectivity index (χ4v) is 2.02. The van der Waals surface area contributed by atoms with Gasteiger partial charge in [-0.2, -0.15) is 0 Å². The average molecular weight is 184 g/mol. The average Bonchev–Trinajstić information content (AvgIpc) is 2.03. The van der Waals surface area contributed by atoms with Gasteiger partial charge >= 0.3 is 0 Å². The second-order valence-electron chi connectivity index (χ2n) is 5.58. The van der Waals surface area contributed by atoms with E-state index >= 15 is 0 Å². The predicted octanol–water partition coefficient (Wildman–Crippen LogP) is 4.89. The Morgan fingerprint density at radius 2 is 1.54 bits per heavy atom. The second kappa shape index (κ2) is 5.67. The van der Waals surface area contributed by atoms with Gasteiger partial charge in [0.15, 0.2) is 0 Å². The van der Waals surface area contributed by atoms with Gasteiger partial charge in [0.05, 0.1) is 0 Å². The molecule has 0 aromatic carbocycles. The van der Waals surface area contributed by atoms with Gasteiger partial charge in [0.25, 0.3) is 0 Å². The Morgan fingerprint density at radius 3 is 1.92 bits per heavy atom. The normalized spacial score (nSPS) is 17.1. The third-order valence-electron chi connectivity index (χ3n) is 3.36. The molecule has 0 N–H and O–H groups in total. The van der Waals surface area contributed by atoms with Gasteiger partial charge < -0.3 is 0 Å². The first-order chi connectivity index (χ1) is 5.91. The van der Waals surface area contributed by atoms with Crippen molar-refractivity contribution in [2.75, 3.05) is 0 Å². The molecule has 0 heterocycles.